The molecule has 2 aromatic rings. The van der Waals surface area contributed by atoms with Crippen molar-refractivity contribution in [2.24, 2.45) is 0 Å². The molecule has 0 radical (unpaired) electrons. The number of rotatable bonds is 5. The van der Waals surface area contributed by atoms with Crippen LogP contribution in [0.1, 0.15) is 15.9 Å². The average Bonchev–Trinajstić information content (AvgIpc) is 2.90. The lowest BCUT2D eigenvalue weighted by Gasteiger charge is -2.16. The van der Waals surface area contributed by atoms with Crippen molar-refractivity contribution in [2.75, 3.05) is 7.05 Å². The number of hydrogen-bond acceptors (Lipinski definition) is 4. The number of carbonyl (C=O) groups is 1. The van der Waals surface area contributed by atoms with Crippen LogP contribution in [-0.4, -0.2) is 41.0 Å². The topological polar surface area (TPSA) is 103 Å². The van der Waals surface area contributed by atoms with Crippen LogP contribution in [0.2, 0.25) is 5.02 Å². The quantitative estimate of drug-likeness (QED) is 0.866. The number of hydrogen-bond donors (Lipinski definition) is 2. The predicted octanol–water partition coefficient (Wildman–Crippen LogP) is 1.58. The van der Waals surface area contributed by atoms with Gasteiger partial charge in [-0.3, -0.25) is 5.10 Å². The van der Waals surface area contributed by atoms with Crippen LogP contribution in [0.25, 0.3) is 0 Å². The Hall–Kier alpha value is -1.90. The second kappa shape index (κ2) is 5.84. The third kappa shape index (κ3) is 3.23. The minimum atomic E-state index is -3.77. The van der Waals surface area contributed by atoms with E-state index < -0.39 is 16.0 Å². The lowest BCUT2D eigenvalue weighted by Crippen LogP contribution is -2.26. The Morgan fingerprint density at radius 3 is 2.71 bits per heavy atom. The second-order valence-corrected chi connectivity index (χ2v) is 6.77. The van der Waals surface area contributed by atoms with E-state index in [1.807, 2.05) is 0 Å². The van der Waals surface area contributed by atoms with E-state index >= 15 is 0 Å². The monoisotopic (exact) mass is 329 g/mol. The van der Waals surface area contributed by atoms with Gasteiger partial charge < -0.3 is 5.11 Å². The van der Waals surface area contributed by atoms with E-state index in [2.05, 4.69) is 10.2 Å². The number of nitrogens with one attached hydrogen (secondary N) is 1. The summed E-state index contributed by atoms with van der Waals surface area (Å²) in [5.74, 6) is -1.21. The summed E-state index contributed by atoms with van der Waals surface area (Å²) in [5, 5.41) is 15.1. The highest BCUT2D eigenvalue weighted by atomic mass is 35.5. The van der Waals surface area contributed by atoms with Gasteiger partial charge in [-0.15, -0.1) is 0 Å². The minimum absolute atomic E-state index is 0.0662. The van der Waals surface area contributed by atoms with Crippen molar-refractivity contribution in [3.63, 3.8) is 0 Å². The predicted molar refractivity (Wildman–Crippen MR) is 75.7 cm³/mol. The molecule has 0 saturated heterocycles. The molecule has 1 aromatic heterocycles. The maximum Gasteiger partial charge on any atom is 0.337 e. The molecule has 0 aliphatic carbocycles. The number of carboxylic acid groups (broad SMARTS) is 1. The number of carboxylic acids is 1. The fourth-order valence-corrected chi connectivity index (χ4v) is 3.23. The van der Waals surface area contributed by atoms with E-state index in [0.717, 1.165) is 10.4 Å². The lowest BCUT2D eigenvalue weighted by molar-refractivity contribution is 0.0697. The van der Waals surface area contributed by atoms with Gasteiger partial charge in [0, 0.05) is 25.4 Å². The van der Waals surface area contributed by atoms with Crippen LogP contribution >= 0.6 is 11.6 Å². The Labute approximate surface area is 126 Å². The van der Waals surface area contributed by atoms with Gasteiger partial charge in [0.15, 0.2) is 0 Å². The van der Waals surface area contributed by atoms with E-state index in [1.165, 1.54) is 25.4 Å². The molecule has 21 heavy (non-hydrogen) atoms. The second-order valence-electron chi connectivity index (χ2n) is 4.31. The normalized spacial score (nSPS) is 11.8. The number of halogens is 1. The standard InChI is InChI=1S/C12H12ClN3O4S/c1-16(7-8-5-14-15-6-8)21(19,20)9-2-3-10(12(17)18)11(13)4-9/h2-6H,7H2,1H3,(H,14,15)(H,17,18). The van der Waals surface area contributed by atoms with Gasteiger partial charge in [0.2, 0.25) is 10.0 Å². The highest BCUT2D eigenvalue weighted by Crippen LogP contribution is 2.23. The first-order chi connectivity index (χ1) is 9.82. The van der Waals surface area contributed by atoms with Gasteiger partial charge in [-0.05, 0) is 18.2 Å². The number of sulfonamides is 1. The van der Waals surface area contributed by atoms with Crippen LogP contribution in [0.3, 0.4) is 0 Å². The highest BCUT2D eigenvalue weighted by molar-refractivity contribution is 7.89. The zero-order chi connectivity index (χ0) is 15.6. The number of aromatic nitrogens is 2. The molecule has 0 fully saturated rings. The largest absolute Gasteiger partial charge is 0.478 e. The molecule has 0 unspecified atom stereocenters. The molecule has 9 heteroatoms. The van der Waals surface area contributed by atoms with E-state index in [-0.39, 0.29) is 22.0 Å². The van der Waals surface area contributed by atoms with Gasteiger partial charge in [-0.2, -0.15) is 9.40 Å². The zero-order valence-corrected chi connectivity index (χ0v) is 12.5. The fourth-order valence-electron chi connectivity index (χ4n) is 1.72. The summed E-state index contributed by atoms with van der Waals surface area (Å²) >= 11 is 5.80. The summed E-state index contributed by atoms with van der Waals surface area (Å²) in [6, 6.07) is 3.52. The van der Waals surface area contributed by atoms with Crippen LogP contribution in [0, 0.1) is 0 Å². The number of H-pyrrole nitrogens is 1. The molecule has 2 N–H and O–H groups in total. The van der Waals surface area contributed by atoms with Gasteiger partial charge in [-0.25, -0.2) is 13.2 Å². The molecule has 0 aliphatic rings. The number of benzene rings is 1. The van der Waals surface area contributed by atoms with Crippen LogP contribution in [0.5, 0.6) is 0 Å². The minimum Gasteiger partial charge on any atom is -0.478 e. The van der Waals surface area contributed by atoms with Crippen molar-refractivity contribution >= 4 is 27.6 Å². The number of nitrogens with zero attached hydrogens (tertiary/aromatic N) is 2. The third-order valence-electron chi connectivity index (χ3n) is 2.84. The Morgan fingerprint density at radius 2 is 2.19 bits per heavy atom. The molecule has 0 aliphatic heterocycles. The zero-order valence-electron chi connectivity index (χ0n) is 10.9. The smallest absolute Gasteiger partial charge is 0.337 e. The first kappa shape index (κ1) is 15.5. The van der Waals surface area contributed by atoms with E-state index in [9.17, 15) is 13.2 Å². The van der Waals surface area contributed by atoms with Crippen molar-refractivity contribution in [3.05, 3.63) is 46.7 Å². The Morgan fingerprint density at radius 1 is 1.48 bits per heavy atom. The maximum atomic E-state index is 12.4. The average molecular weight is 330 g/mol. The third-order valence-corrected chi connectivity index (χ3v) is 4.95. The molecule has 0 spiro atoms. The molecular formula is C12H12ClN3O4S. The Balaban J connectivity index is 2.31. The summed E-state index contributed by atoms with van der Waals surface area (Å²) in [5.41, 5.74) is 0.558. The summed E-state index contributed by atoms with van der Waals surface area (Å²) in [6.45, 7) is 0.136. The Bertz CT molecular complexity index is 759. The summed E-state index contributed by atoms with van der Waals surface area (Å²) < 4.78 is 25.9. The van der Waals surface area contributed by atoms with Crippen molar-refractivity contribution in [3.8, 4) is 0 Å². The summed E-state index contributed by atoms with van der Waals surface area (Å²) in [4.78, 5) is 10.8. The van der Waals surface area contributed by atoms with Crippen LogP contribution in [0.4, 0.5) is 0 Å². The van der Waals surface area contributed by atoms with Gasteiger partial charge in [0.1, 0.15) is 0 Å². The fraction of sp³-hybridized carbons (Fsp3) is 0.167. The van der Waals surface area contributed by atoms with Gasteiger partial charge in [-0.1, -0.05) is 11.6 Å². The van der Waals surface area contributed by atoms with E-state index in [0.29, 0.717) is 5.56 Å². The first-order valence-electron chi connectivity index (χ1n) is 5.79. The van der Waals surface area contributed by atoms with Gasteiger partial charge in [0.25, 0.3) is 0 Å². The molecule has 112 valence electrons. The van der Waals surface area contributed by atoms with Crippen molar-refractivity contribution < 1.29 is 18.3 Å². The summed E-state index contributed by atoms with van der Waals surface area (Å²) in [7, 11) is -2.35. The lowest BCUT2D eigenvalue weighted by atomic mass is 10.2. The molecule has 1 aromatic carbocycles. The first-order valence-corrected chi connectivity index (χ1v) is 7.61. The molecule has 0 bridgehead atoms. The summed E-state index contributed by atoms with van der Waals surface area (Å²) in [6.07, 6.45) is 3.11. The van der Waals surface area contributed by atoms with Crippen molar-refractivity contribution in [1.29, 1.82) is 0 Å². The maximum absolute atomic E-state index is 12.4. The molecule has 0 atom stereocenters. The van der Waals surface area contributed by atoms with E-state index in [1.54, 1.807) is 6.20 Å². The van der Waals surface area contributed by atoms with Crippen LogP contribution in [-0.2, 0) is 16.6 Å². The van der Waals surface area contributed by atoms with E-state index in [4.69, 9.17) is 16.7 Å². The molecule has 1 heterocycles. The molecule has 7 nitrogen and oxygen atoms in total. The van der Waals surface area contributed by atoms with Crippen LogP contribution < -0.4 is 0 Å². The van der Waals surface area contributed by atoms with Crippen LogP contribution in [0.15, 0.2) is 35.5 Å². The molecular weight excluding hydrogens is 318 g/mol. The highest BCUT2D eigenvalue weighted by Gasteiger charge is 2.23. The number of aromatic amines is 1. The molecule has 0 amide bonds. The van der Waals surface area contributed by atoms with Crippen molar-refractivity contribution in [2.45, 2.75) is 11.4 Å². The Kier molecular flexibility index (Phi) is 4.31. The SMILES string of the molecule is CN(Cc1cn[nH]c1)S(=O)(=O)c1ccc(C(=O)O)c(Cl)c1. The van der Waals surface area contributed by atoms with Gasteiger partial charge in [0.05, 0.1) is 21.7 Å². The molecule has 2 rings (SSSR count). The number of aromatic carboxylic acids is 1. The molecule has 0 saturated carbocycles. The van der Waals surface area contributed by atoms with Gasteiger partial charge >= 0.3 is 5.97 Å². The van der Waals surface area contributed by atoms with Crippen molar-refractivity contribution in [1.82, 2.24) is 14.5 Å².